The molecule has 5 nitrogen and oxygen atoms in total. The molecule has 15 heavy (non-hydrogen) atoms. The first-order chi connectivity index (χ1) is 6.99. The van der Waals surface area contributed by atoms with E-state index < -0.39 is 11.8 Å². The second-order valence-corrected chi connectivity index (χ2v) is 3.83. The van der Waals surface area contributed by atoms with E-state index in [1.165, 1.54) is 0 Å². The lowest BCUT2D eigenvalue weighted by Gasteiger charge is -2.03. The summed E-state index contributed by atoms with van der Waals surface area (Å²) < 4.78 is 1.72. The number of Topliss-reactive ketones (excluding diaryl/α,β-unsaturated/α-hetero) is 1. The summed E-state index contributed by atoms with van der Waals surface area (Å²) in [5, 5.41) is 12.5. The number of hydrogen-bond acceptors (Lipinski definition) is 3. The van der Waals surface area contributed by atoms with Crippen molar-refractivity contribution in [3.63, 3.8) is 0 Å². The Balaban J connectivity index is 2.60. The van der Waals surface area contributed by atoms with Crippen LogP contribution in [-0.4, -0.2) is 26.6 Å². The topological polar surface area (TPSA) is 72.2 Å². The van der Waals surface area contributed by atoms with Gasteiger partial charge in [0.05, 0.1) is 12.1 Å². The molecule has 0 bridgehead atoms. The molecular formula is C10H14N2O3. The van der Waals surface area contributed by atoms with E-state index in [1.54, 1.807) is 16.9 Å². The number of ketones is 1. The number of aromatic nitrogens is 2. The van der Waals surface area contributed by atoms with Crippen molar-refractivity contribution in [3.8, 4) is 0 Å². The monoisotopic (exact) mass is 210 g/mol. The summed E-state index contributed by atoms with van der Waals surface area (Å²) in [6.45, 7) is 4.88. The standard InChI is InChI=1S/C10H14N2O3/c1-7(2)6-12-4-3-8(11-12)5-9(13)10(14)15/h3-4,7H,5-6H2,1-2H3,(H,14,15). The number of rotatable bonds is 5. The van der Waals surface area contributed by atoms with Crippen LogP contribution in [0.1, 0.15) is 19.5 Å². The first-order valence-corrected chi connectivity index (χ1v) is 4.77. The first-order valence-electron chi connectivity index (χ1n) is 4.77. The fraction of sp³-hybridized carbons (Fsp3) is 0.500. The average Bonchev–Trinajstić information content (AvgIpc) is 2.51. The van der Waals surface area contributed by atoms with Crippen LogP contribution in [0, 0.1) is 5.92 Å². The summed E-state index contributed by atoms with van der Waals surface area (Å²) in [5.41, 5.74) is 0.503. The Morgan fingerprint density at radius 3 is 2.73 bits per heavy atom. The SMILES string of the molecule is CC(C)Cn1ccc(CC(=O)C(=O)O)n1. The zero-order chi connectivity index (χ0) is 11.4. The third-order valence-electron chi connectivity index (χ3n) is 1.83. The van der Waals surface area contributed by atoms with Crippen LogP contribution in [0.3, 0.4) is 0 Å². The van der Waals surface area contributed by atoms with Gasteiger partial charge in [-0.1, -0.05) is 13.8 Å². The van der Waals surface area contributed by atoms with Gasteiger partial charge in [0.1, 0.15) is 0 Å². The zero-order valence-corrected chi connectivity index (χ0v) is 8.80. The Hall–Kier alpha value is -1.65. The molecular weight excluding hydrogens is 196 g/mol. The highest BCUT2D eigenvalue weighted by Crippen LogP contribution is 2.02. The van der Waals surface area contributed by atoms with Gasteiger partial charge in [-0.05, 0) is 12.0 Å². The molecule has 1 aromatic rings. The molecule has 0 aliphatic heterocycles. The van der Waals surface area contributed by atoms with Crippen molar-refractivity contribution in [2.24, 2.45) is 5.92 Å². The van der Waals surface area contributed by atoms with Crippen molar-refractivity contribution in [3.05, 3.63) is 18.0 Å². The molecule has 0 saturated carbocycles. The average molecular weight is 210 g/mol. The van der Waals surface area contributed by atoms with Gasteiger partial charge in [0, 0.05) is 12.7 Å². The third-order valence-corrected chi connectivity index (χ3v) is 1.83. The second-order valence-electron chi connectivity index (χ2n) is 3.83. The number of aliphatic carboxylic acids is 1. The van der Waals surface area contributed by atoms with Gasteiger partial charge in [0.25, 0.3) is 0 Å². The summed E-state index contributed by atoms with van der Waals surface area (Å²) >= 11 is 0. The number of carbonyl (C=O) groups excluding carboxylic acids is 1. The molecule has 0 aliphatic carbocycles. The van der Waals surface area contributed by atoms with Crippen molar-refractivity contribution < 1.29 is 14.7 Å². The molecule has 1 heterocycles. The Kier molecular flexibility index (Phi) is 3.60. The fourth-order valence-corrected chi connectivity index (χ4v) is 1.21. The molecule has 0 atom stereocenters. The van der Waals surface area contributed by atoms with Crippen molar-refractivity contribution >= 4 is 11.8 Å². The third kappa shape index (κ3) is 3.53. The second kappa shape index (κ2) is 4.72. The van der Waals surface area contributed by atoms with E-state index in [4.69, 9.17) is 5.11 Å². The van der Waals surface area contributed by atoms with Crippen LogP contribution in [0.15, 0.2) is 12.3 Å². The van der Waals surface area contributed by atoms with Gasteiger partial charge in [-0.2, -0.15) is 5.10 Å². The molecule has 0 aliphatic rings. The molecule has 0 radical (unpaired) electrons. The zero-order valence-electron chi connectivity index (χ0n) is 8.80. The summed E-state index contributed by atoms with van der Waals surface area (Å²) in [6.07, 6.45) is 1.62. The molecule has 0 spiro atoms. The molecule has 5 heteroatoms. The Morgan fingerprint density at radius 1 is 1.53 bits per heavy atom. The van der Waals surface area contributed by atoms with E-state index >= 15 is 0 Å². The summed E-state index contributed by atoms with van der Waals surface area (Å²) in [4.78, 5) is 21.2. The lowest BCUT2D eigenvalue weighted by atomic mass is 10.2. The highest BCUT2D eigenvalue weighted by atomic mass is 16.4. The van der Waals surface area contributed by atoms with Crippen molar-refractivity contribution in [1.29, 1.82) is 0 Å². The highest BCUT2D eigenvalue weighted by Gasteiger charge is 2.13. The van der Waals surface area contributed by atoms with Gasteiger partial charge >= 0.3 is 5.97 Å². The molecule has 0 saturated heterocycles. The molecule has 1 rings (SSSR count). The predicted octanol–water partition coefficient (Wildman–Crippen LogP) is 0.735. The van der Waals surface area contributed by atoms with Gasteiger partial charge in [0.2, 0.25) is 5.78 Å². The molecule has 82 valence electrons. The van der Waals surface area contributed by atoms with E-state index in [2.05, 4.69) is 18.9 Å². The number of carboxylic acid groups (broad SMARTS) is 1. The molecule has 1 N–H and O–H groups in total. The summed E-state index contributed by atoms with van der Waals surface area (Å²) in [5.74, 6) is -1.77. The molecule has 0 amide bonds. The number of nitrogens with zero attached hydrogens (tertiary/aromatic N) is 2. The summed E-state index contributed by atoms with van der Waals surface area (Å²) in [6, 6.07) is 1.67. The number of carbonyl (C=O) groups is 2. The Morgan fingerprint density at radius 2 is 2.20 bits per heavy atom. The minimum atomic E-state index is -1.41. The van der Waals surface area contributed by atoms with Crippen LogP contribution >= 0.6 is 0 Å². The van der Waals surface area contributed by atoms with Gasteiger partial charge in [-0.15, -0.1) is 0 Å². The first kappa shape index (κ1) is 11.4. The Labute approximate surface area is 87.7 Å². The van der Waals surface area contributed by atoms with E-state index in [0.717, 1.165) is 6.54 Å². The highest BCUT2D eigenvalue weighted by molar-refractivity contribution is 6.33. The van der Waals surface area contributed by atoms with Crippen molar-refractivity contribution in [1.82, 2.24) is 9.78 Å². The lowest BCUT2D eigenvalue weighted by Crippen LogP contribution is -2.15. The van der Waals surface area contributed by atoms with E-state index in [9.17, 15) is 9.59 Å². The maximum atomic E-state index is 10.9. The molecule has 0 aromatic carbocycles. The smallest absolute Gasteiger partial charge is 0.372 e. The van der Waals surface area contributed by atoms with Gasteiger partial charge in [-0.3, -0.25) is 9.48 Å². The van der Waals surface area contributed by atoms with E-state index in [1.807, 2.05) is 0 Å². The minimum Gasteiger partial charge on any atom is -0.475 e. The number of hydrogen-bond donors (Lipinski definition) is 1. The summed E-state index contributed by atoms with van der Waals surface area (Å²) in [7, 11) is 0. The largest absolute Gasteiger partial charge is 0.475 e. The van der Waals surface area contributed by atoms with E-state index in [0.29, 0.717) is 11.6 Å². The van der Waals surface area contributed by atoms with Gasteiger partial charge < -0.3 is 5.11 Å². The minimum absolute atomic E-state index is 0.138. The molecule has 1 aromatic heterocycles. The fourth-order valence-electron chi connectivity index (χ4n) is 1.21. The maximum absolute atomic E-state index is 10.9. The van der Waals surface area contributed by atoms with Crippen LogP contribution in [0.4, 0.5) is 0 Å². The molecule has 0 unspecified atom stereocenters. The van der Waals surface area contributed by atoms with Gasteiger partial charge in [0.15, 0.2) is 0 Å². The van der Waals surface area contributed by atoms with Gasteiger partial charge in [-0.25, -0.2) is 4.79 Å². The lowest BCUT2D eigenvalue weighted by molar-refractivity contribution is -0.148. The van der Waals surface area contributed by atoms with Crippen LogP contribution < -0.4 is 0 Å². The normalized spacial score (nSPS) is 10.6. The van der Waals surface area contributed by atoms with Crippen LogP contribution in [-0.2, 0) is 22.6 Å². The predicted molar refractivity (Wildman–Crippen MR) is 53.4 cm³/mol. The van der Waals surface area contributed by atoms with E-state index in [-0.39, 0.29) is 6.42 Å². The van der Waals surface area contributed by atoms with Crippen LogP contribution in [0.5, 0.6) is 0 Å². The molecule has 0 fully saturated rings. The Bertz CT molecular complexity index is 368. The van der Waals surface area contributed by atoms with Crippen molar-refractivity contribution in [2.75, 3.05) is 0 Å². The van der Waals surface area contributed by atoms with Crippen LogP contribution in [0.25, 0.3) is 0 Å². The maximum Gasteiger partial charge on any atom is 0.372 e. The number of carboxylic acids is 1. The quantitative estimate of drug-likeness (QED) is 0.727. The van der Waals surface area contributed by atoms with Crippen LogP contribution in [0.2, 0.25) is 0 Å². The van der Waals surface area contributed by atoms with Crippen molar-refractivity contribution in [2.45, 2.75) is 26.8 Å².